The van der Waals surface area contributed by atoms with Gasteiger partial charge in [-0.1, -0.05) is 23.2 Å². The number of amides is 1. The van der Waals surface area contributed by atoms with Crippen molar-refractivity contribution in [2.24, 2.45) is 13.0 Å². The van der Waals surface area contributed by atoms with Crippen molar-refractivity contribution in [3.05, 3.63) is 68.3 Å². The van der Waals surface area contributed by atoms with E-state index in [2.05, 4.69) is 0 Å². The Balaban J connectivity index is 1.58. The Labute approximate surface area is 224 Å². The van der Waals surface area contributed by atoms with E-state index in [4.69, 9.17) is 23.2 Å². The molecular weight excluding hydrogens is 524 g/mol. The third kappa shape index (κ3) is 5.83. The highest BCUT2D eigenvalue weighted by atomic mass is 35.5. The lowest BCUT2D eigenvalue weighted by molar-refractivity contribution is -0.137. The van der Waals surface area contributed by atoms with Crippen LogP contribution < -0.4 is 0 Å². The fraction of sp³-hybridized carbons (Fsp3) is 0.429. The monoisotopic (exact) mass is 552 g/mol. The number of aryl methyl sites for hydroxylation is 2. The van der Waals surface area contributed by atoms with Crippen LogP contribution in [0.15, 0.2) is 30.3 Å². The lowest BCUT2D eigenvalue weighted by atomic mass is 9.91. The SMILES string of the molecule is CC(=O)CCC1CCN(C(=O)c2ccc(Cl)c(Cc3cc4c(C)cc(C(F)(F)F)cc4n3C)c2Cl)CC1. The predicted octanol–water partition coefficient (Wildman–Crippen LogP) is 7.62. The molecule has 4 nitrogen and oxygen atoms in total. The van der Waals surface area contributed by atoms with E-state index in [-0.39, 0.29) is 23.1 Å². The van der Waals surface area contributed by atoms with Crippen molar-refractivity contribution in [2.75, 3.05) is 13.1 Å². The second-order valence-corrected chi connectivity index (χ2v) is 10.7. The third-order valence-corrected chi connectivity index (χ3v) is 8.16. The second-order valence-electron chi connectivity index (χ2n) is 9.96. The molecule has 0 aliphatic carbocycles. The predicted molar refractivity (Wildman–Crippen MR) is 140 cm³/mol. The standard InChI is InChI=1S/C28H29Cl2F3N2O2/c1-16-12-19(28(31,32)33)13-25-22(16)14-20(34(25)3)15-23-24(29)7-6-21(26(23)30)27(37)35-10-8-18(9-11-35)5-4-17(2)36/h6-7,12-14,18H,4-5,8-11,15H2,1-3H3. The topological polar surface area (TPSA) is 42.3 Å². The van der Waals surface area contributed by atoms with Crippen LogP contribution in [0.25, 0.3) is 10.9 Å². The van der Waals surface area contributed by atoms with E-state index in [1.165, 1.54) is 0 Å². The molecule has 0 N–H and O–H groups in total. The van der Waals surface area contributed by atoms with Crippen LogP contribution in [-0.4, -0.2) is 34.2 Å². The molecule has 2 heterocycles. The van der Waals surface area contributed by atoms with Crippen molar-refractivity contribution in [3.63, 3.8) is 0 Å². The molecule has 1 aliphatic heterocycles. The highest BCUT2D eigenvalue weighted by molar-refractivity contribution is 6.38. The molecule has 1 fully saturated rings. The zero-order valence-electron chi connectivity index (χ0n) is 21.0. The van der Waals surface area contributed by atoms with Gasteiger partial charge in [0.05, 0.1) is 16.1 Å². The molecule has 2 aromatic carbocycles. The van der Waals surface area contributed by atoms with Gasteiger partial charge in [-0.25, -0.2) is 0 Å². The summed E-state index contributed by atoms with van der Waals surface area (Å²) in [7, 11) is 1.71. The molecule has 198 valence electrons. The zero-order valence-corrected chi connectivity index (χ0v) is 22.5. The minimum absolute atomic E-state index is 0.171. The van der Waals surface area contributed by atoms with Gasteiger partial charge in [0, 0.05) is 54.6 Å². The van der Waals surface area contributed by atoms with Gasteiger partial charge in [-0.15, -0.1) is 0 Å². The number of hydrogen-bond donors (Lipinski definition) is 0. The molecule has 1 amide bonds. The van der Waals surface area contributed by atoms with Crippen molar-refractivity contribution in [2.45, 2.75) is 52.1 Å². The number of hydrogen-bond acceptors (Lipinski definition) is 2. The maximum Gasteiger partial charge on any atom is 0.416 e. The van der Waals surface area contributed by atoms with Crippen LogP contribution in [0.5, 0.6) is 0 Å². The average molecular weight is 553 g/mol. The summed E-state index contributed by atoms with van der Waals surface area (Å²) in [4.78, 5) is 26.4. The number of aromatic nitrogens is 1. The Morgan fingerprint density at radius 2 is 1.76 bits per heavy atom. The van der Waals surface area contributed by atoms with E-state index < -0.39 is 11.7 Å². The highest BCUT2D eigenvalue weighted by Gasteiger charge is 2.32. The quantitative estimate of drug-likeness (QED) is 0.315. The summed E-state index contributed by atoms with van der Waals surface area (Å²) >= 11 is 13.2. The van der Waals surface area contributed by atoms with Crippen molar-refractivity contribution in [3.8, 4) is 0 Å². The second kappa shape index (κ2) is 10.7. The molecule has 9 heteroatoms. The molecule has 1 aromatic heterocycles. The Kier molecular flexibility index (Phi) is 7.96. The van der Waals surface area contributed by atoms with Crippen molar-refractivity contribution >= 4 is 45.8 Å². The average Bonchev–Trinajstić information content (AvgIpc) is 3.15. The van der Waals surface area contributed by atoms with Gasteiger partial charge in [0.1, 0.15) is 5.78 Å². The van der Waals surface area contributed by atoms with E-state index >= 15 is 0 Å². The summed E-state index contributed by atoms with van der Waals surface area (Å²) in [5.74, 6) is 0.439. The first kappa shape index (κ1) is 27.5. The number of ketones is 1. The summed E-state index contributed by atoms with van der Waals surface area (Å²) in [5, 5.41) is 1.37. The largest absolute Gasteiger partial charge is 0.416 e. The molecule has 3 aromatic rings. The molecule has 0 bridgehead atoms. The van der Waals surface area contributed by atoms with Crippen molar-refractivity contribution in [1.82, 2.24) is 9.47 Å². The number of carbonyl (C=O) groups excluding carboxylic acids is 2. The zero-order chi connectivity index (χ0) is 27.1. The summed E-state index contributed by atoms with van der Waals surface area (Å²) in [6.45, 7) is 4.45. The third-order valence-electron chi connectivity index (χ3n) is 7.38. The first-order valence-corrected chi connectivity index (χ1v) is 13.0. The van der Waals surface area contributed by atoms with Crippen LogP contribution in [0.4, 0.5) is 13.2 Å². The number of alkyl halides is 3. The fourth-order valence-corrected chi connectivity index (χ4v) is 5.69. The molecule has 4 rings (SSSR count). The van der Waals surface area contributed by atoms with Crippen molar-refractivity contribution < 1.29 is 22.8 Å². The summed E-state index contributed by atoms with van der Waals surface area (Å²) < 4.78 is 41.8. The fourth-order valence-electron chi connectivity index (χ4n) is 5.10. The Bertz CT molecular complexity index is 1360. The number of halogens is 5. The Morgan fingerprint density at radius 1 is 1.08 bits per heavy atom. The van der Waals surface area contributed by atoms with Gasteiger partial charge in [-0.2, -0.15) is 13.2 Å². The Hall–Kier alpha value is -2.51. The number of benzene rings is 2. The van der Waals surface area contributed by atoms with Crippen LogP contribution in [0.2, 0.25) is 10.0 Å². The number of piperidine rings is 1. The highest BCUT2D eigenvalue weighted by Crippen LogP contribution is 2.36. The van der Waals surface area contributed by atoms with Crippen LogP contribution in [0, 0.1) is 12.8 Å². The number of carbonyl (C=O) groups is 2. The van der Waals surface area contributed by atoms with E-state index in [9.17, 15) is 22.8 Å². The number of fused-ring (bicyclic) bond motifs is 1. The lowest BCUT2D eigenvalue weighted by Crippen LogP contribution is -2.38. The number of rotatable bonds is 6. The molecule has 1 aliphatic rings. The minimum atomic E-state index is -4.44. The van der Waals surface area contributed by atoms with Crippen LogP contribution >= 0.6 is 23.2 Å². The van der Waals surface area contributed by atoms with Gasteiger partial charge in [-0.05, 0) is 80.5 Å². The first-order valence-electron chi connectivity index (χ1n) is 12.3. The number of Topliss-reactive ketones (excluding diaryl/α,β-unsaturated/α-hetero) is 1. The van der Waals surface area contributed by atoms with Gasteiger partial charge in [0.25, 0.3) is 5.91 Å². The van der Waals surface area contributed by atoms with E-state index in [0.717, 1.165) is 42.5 Å². The minimum Gasteiger partial charge on any atom is -0.347 e. The van der Waals surface area contributed by atoms with Crippen molar-refractivity contribution in [1.29, 1.82) is 0 Å². The Morgan fingerprint density at radius 3 is 2.38 bits per heavy atom. The summed E-state index contributed by atoms with van der Waals surface area (Å²) in [6.07, 6.45) is -1.09. The normalized spacial score (nSPS) is 15.0. The smallest absolute Gasteiger partial charge is 0.347 e. The lowest BCUT2D eigenvalue weighted by Gasteiger charge is -2.32. The molecule has 0 spiro atoms. The molecule has 0 unspecified atom stereocenters. The van der Waals surface area contributed by atoms with Crippen LogP contribution in [0.1, 0.15) is 65.3 Å². The number of nitrogens with zero attached hydrogens (tertiary/aromatic N) is 2. The maximum atomic E-state index is 13.4. The van der Waals surface area contributed by atoms with E-state index in [1.54, 1.807) is 42.5 Å². The molecule has 0 saturated carbocycles. The maximum absolute atomic E-state index is 13.4. The van der Waals surface area contributed by atoms with Gasteiger partial charge in [0.2, 0.25) is 0 Å². The molecule has 0 atom stereocenters. The van der Waals surface area contributed by atoms with Gasteiger partial charge in [0.15, 0.2) is 0 Å². The van der Waals surface area contributed by atoms with E-state index in [1.807, 2.05) is 6.07 Å². The van der Waals surface area contributed by atoms with Crippen LogP contribution in [0.3, 0.4) is 0 Å². The van der Waals surface area contributed by atoms with Crippen LogP contribution in [-0.2, 0) is 24.4 Å². The first-order chi connectivity index (χ1) is 17.4. The summed E-state index contributed by atoms with van der Waals surface area (Å²) in [6, 6.07) is 7.41. The molecule has 1 saturated heterocycles. The molecule has 37 heavy (non-hydrogen) atoms. The van der Waals surface area contributed by atoms with Gasteiger partial charge >= 0.3 is 6.18 Å². The molecule has 0 radical (unpaired) electrons. The van der Waals surface area contributed by atoms with E-state index in [0.29, 0.717) is 52.7 Å². The molecular formula is C28H29Cl2F3N2O2. The summed E-state index contributed by atoms with van der Waals surface area (Å²) in [5.41, 5.74) is 1.95. The van der Waals surface area contributed by atoms with Gasteiger partial charge in [-0.3, -0.25) is 4.79 Å². The number of likely N-dealkylation sites (tertiary alicyclic amines) is 1. The van der Waals surface area contributed by atoms with Gasteiger partial charge < -0.3 is 14.3 Å².